The van der Waals surface area contributed by atoms with Gasteiger partial charge in [-0.3, -0.25) is 9.59 Å². The summed E-state index contributed by atoms with van der Waals surface area (Å²) >= 11 is 0. The van der Waals surface area contributed by atoms with Crippen LogP contribution in [-0.2, 0) is 9.59 Å². The van der Waals surface area contributed by atoms with Gasteiger partial charge in [-0.2, -0.15) is 0 Å². The molecule has 1 spiro atoms. The zero-order valence-corrected chi connectivity index (χ0v) is 17.1. The van der Waals surface area contributed by atoms with Gasteiger partial charge in [-0.1, -0.05) is 32.0 Å². The number of amides is 4. The van der Waals surface area contributed by atoms with E-state index in [-0.39, 0.29) is 11.8 Å². The predicted molar refractivity (Wildman–Crippen MR) is 108 cm³/mol. The average molecular weight is 386 g/mol. The van der Waals surface area contributed by atoms with Crippen LogP contribution >= 0.6 is 0 Å². The number of nitrogens with one attached hydrogen (secondary N) is 2. The van der Waals surface area contributed by atoms with Crippen molar-refractivity contribution >= 4 is 23.5 Å². The van der Waals surface area contributed by atoms with E-state index in [1.165, 1.54) is 0 Å². The van der Waals surface area contributed by atoms with E-state index in [0.717, 1.165) is 30.1 Å². The number of benzene rings is 1. The maximum Gasteiger partial charge on any atom is 0.325 e. The van der Waals surface area contributed by atoms with E-state index in [4.69, 9.17) is 0 Å². The molecule has 152 valence electrons. The van der Waals surface area contributed by atoms with E-state index in [1.54, 1.807) is 13.0 Å². The van der Waals surface area contributed by atoms with Crippen molar-refractivity contribution in [1.29, 1.82) is 0 Å². The fourth-order valence-corrected chi connectivity index (χ4v) is 4.03. The molecule has 2 heterocycles. The Balaban J connectivity index is 1.68. The molecule has 0 bridgehead atoms. The first-order valence-corrected chi connectivity index (χ1v) is 9.98. The molecule has 3 rings (SSSR count). The first kappa shape index (κ1) is 20.3. The zero-order valence-electron chi connectivity index (χ0n) is 17.1. The lowest BCUT2D eigenvalue weighted by atomic mass is 9.87. The van der Waals surface area contributed by atoms with Crippen LogP contribution in [0.5, 0.6) is 0 Å². The first-order valence-electron chi connectivity index (χ1n) is 9.98. The van der Waals surface area contributed by atoms with Crippen LogP contribution in [0.2, 0.25) is 0 Å². The summed E-state index contributed by atoms with van der Waals surface area (Å²) in [5.74, 6) is -0.0918. The van der Waals surface area contributed by atoms with Crippen molar-refractivity contribution in [2.75, 3.05) is 25.0 Å². The number of imide groups is 1. The molecule has 1 atom stereocenters. The summed E-state index contributed by atoms with van der Waals surface area (Å²) in [6, 6.07) is 6.07. The molecule has 0 saturated carbocycles. The molecule has 2 fully saturated rings. The number of rotatable bonds is 5. The highest BCUT2D eigenvalue weighted by Crippen LogP contribution is 2.31. The lowest BCUT2D eigenvalue weighted by molar-refractivity contribution is -0.137. The highest BCUT2D eigenvalue weighted by molar-refractivity contribution is 6.11. The molecule has 2 aliphatic rings. The molecule has 1 unspecified atom stereocenters. The Morgan fingerprint density at radius 1 is 1.18 bits per heavy atom. The normalized spacial score (nSPS) is 20.5. The Labute approximate surface area is 166 Å². The fourth-order valence-electron chi connectivity index (χ4n) is 4.03. The van der Waals surface area contributed by atoms with E-state index in [9.17, 15) is 14.4 Å². The summed E-state index contributed by atoms with van der Waals surface area (Å²) in [5, 5.41) is 5.71. The highest BCUT2D eigenvalue weighted by atomic mass is 16.2. The minimum Gasteiger partial charge on any atom is -0.324 e. The molecular formula is C21H30N4O3. The van der Waals surface area contributed by atoms with Gasteiger partial charge in [-0.15, -0.1) is 0 Å². The summed E-state index contributed by atoms with van der Waals surface area (Å²) < 4.78 is 0. The summed E-state index contributed by atoms with van der Waals surface area (Å²) in [6.45, 7) is 10.3. The van der Waals surface area contributed by atoms with Crippen molar-refractivity contribution in [2.24, 2.45) is 5.92 Å². The van der Waals surface area contributed by atoms with Crippen LogP contribution in [0.1, 0.15) is 39.2 Å². The van der Waals surface area contributed by atoms with Crippen molar-refractivity contribution < 1.29 is 14.4 Å². The number of carbonyl (C=O) groups excluding carboxylic acids is 3. The molecule has 4 amide bonds. The molecule has 7 heteroatoms. The molecule has 0 aromatic heterocycles. The van der Waals surface area contributed by atoms with E-state index in [1.807, 2.05) is 25.1 Å². The minimum atomic E-state index is -0.875. The maximum atomic E-state index is 13.1. The van der Waals surface area contributed by atoms with Gasteiger partial charge in [0, 0.05) is 25.3 Å². The van der Waals surface area contributed by atoms with Crippen LogP contribution < -0.4 is 10.6 Å². The third-order valence-corrected chi connectivity index (χ3v) is 5.70. The first-order chi connectivity index (χ1) is 13.2. The second-order valence-electron chi connectivity index (χ2n) is 8.36. The van der Waals surface area contributed by atoms with Gasteiger partial charge < -0.3 is 15.5 Å². The smallest absolute Gasteiger partial charge is 0.324 e. The molecule has 28 heavy (non-hydrogen) atoms. The van der Waals surface area contributed by atoms with Crippen LogP contribution in [0.4, 0.5) is 10.5 Å². The largest absolute Gasteiger partial charge is 0.325 e. The number of likely N-dealkylation sites (tertiary alicyclic amines) is 1. The Hall–Kier alpha value is -2.41. The summed E-state index contributed by atoms with van der Waals surface area (Å²) in [7, 11) is 0. The molecular weight excluding hydrogens is 356 g/mol. The van der Waals surface area contributed by atoms with Crippen molar-refractivity contribution in [3.63, 3.8) is 0 Å². The van der Waals surface area contributed by atoms with Gasteiger partial charge in [0.05, 0.1) is 0 Å². The number of para-hydroxylation sites is 1. The molecule has 1 aromatic carbocycles. The SMILES string of the molecule is Cc1ccccc1NC(=O)C(C)N1C(=O)NC2(CCN(CC(C)C)CC2)C1=O. The fraction of sp³-hybridized carbons (Fsp3) is 0.571. The maximum absolute atomic E-state index is 13.1. The van der Waals surface area contributed by atoms with Gasteiger partial charge in [0.15, 0.2) is 0 Å². The predicted octanol–water partition coefficient (Wildman–Crippen LogP) is 2.36. The van der Waals surface area contributed by atoms with E-state index >= 15 is 0 Å². The van der Waals surface area contributed by atoms with Crippen molar-refractivity contribution in [1.82, 2.24) is 15.1 Å². The average Bonchev–Trinajstić information content (AvgIpc) is 2.88. The number of anilines is 1. The van der Waals surface area contributed by atoms with Crippen LogP contribution in [0, 0.1) is 12.8 Å². The topological polar surface area (TPSA) is 81.8 Å². The Morgan fingerprint density at radius 2 is 1.82 bits per heavy atom. The number of carbonyl (C=O) groups is 3. The summed E-state index contributed by atoms with van der Waals surface area (Å²) in [6.07, 6.45) is 1.15. The number of piperidine rings is 1. The minimum absolute atomic E-state index is 0.283. The Bertz CT molecular complexity index is 769. The van der Waals surface area contributed by atoms with Crippen LogP contribution in [-0.4, -0.2) is 58.9 Å². The van der Waals surface area contributed by atoms with Crippen LogP contribution in [0.25, 0.3) is 0 Å². The van der Waals surface area contributed by atoms with Gasteiger partial charge in [0.25, 0.3) is 5.91 Å². The molecule has 2 aliphatic heterocycles. The number of hydrogen-bond acceptors (Lipinski definition) is 4. The van der Waals surface area contributed by atoms with Crippen LogP contribution in [0.15, 0.2) is 24.3 Å². The summed E-state index contributed by atoms with van der Waals surface area (Å²) in [4.78, 5) is 41.8. The molecule has 2 saturated heterocycles. The number of hydrogen-bond donors (Lipinski definition) is 2. The number of nitrogens with zero attached hydrogens (tertiary/aromatic N) is 2. The zero-order chi connectivity index (χ0) is 20.5. The highest BCUT2D eigenvalue weighted by Gasteiger charge is 2.54. The molecule has 0 aliphatic carbocycles. The van der Waals surface area contributed by atoms with Crippen molar-refractivity contribution in [2.45, 2.75) is 52.1 Å². The lowest BCUT2D eigenvalue weighted by Crippen LogP contribution is -2.56. The molecule has 1 aromatic rings. The monoisotopic (exact) mass is 386 g/mol. The Kier molecular flexibility index (Phi) is 5.74. The quantitative estimate of drug-likeness (QED) is 0.761. The van der Waals surface area contributed by atoms with E-state index in [0.29, 0.717) is 24.4 Å². The number of aryl methyl sites for hydroxylation is 1. The van der Waals surface area contributed by atoms with Gasteiger partial charge in [-0.25, -0.2) is 9.69 Å². The molecule has 0 radical (unpaired) electrons. The van der Waals surface area contributed by atoms with Crippen molar-refractivity contribution in [3.8, 4) is 0 Å². The Morgan fingerprint density at radius 3 is 2.43 bits per heavy atom. The standard InChI is InChI=1S/C21H30N4O3/c1-14(2)13-24-11-9-21(10-12-24)19(27)25(20(28)23-21)16(4)18(26)22-17-8-6-5-7-15(17)3/h5-8,14,16H,9-13H2,1-4H3,(H,22,26)(H,23,28). The van der Waals surface area contributed by atoms with E-state index < -0.39 is 17.6 Å². The molecule has 7 nitrogen and oxygen atoms in total. The third kappa shape index (κ3) is 3.90. The molecule has 2 N–H and O–H groups in total. The van der Waals surface area contributed by atoms with Gasteiger partial charge in [0.2, 0.25) is 5.91 Å². The summed E-state index contributed by atoms with van der Waals surface area (Å²) in [5.41, 5.74) is 0.735. The second-order valence-corrected chi connectivity index (χ2v) is 8.36. The van der Waals surface area contributed by atoms with Gasteiger partial charge >= 0.3 is 6.03 Å². The van der Waals surface area contributed by atoms with Gasteiger partial charge in [-0.05, 0) is 44.2 Å². The van der Waals surface area contributed by atoms with Crippen molar-refractivity contribution in [3.05, 3.63) is 29.8 Å². The van der Waals surface area contributed by atoms with E-state index in [2.05, 4.69) is 29.4 Å². The number of urea groups is 1. The third-order valence-electron chi connectivity index (χ3n) is 5.70. The lowest BCUT2D eigenvalue weighted by Gasteiger charge is -2.38. The van der Waals surface area contributed by atoms with Gasteiger partial charge in [0.1, 0.15) is 11.6 Å². The van der Waals surface area contributed by atoms with Crippen LogP contribution in [0.3, 0.4) is 0 Å². The second kappa shape index (κ2) is 7.91.